The van der Waals surface area contributed by atoms with E-state index in [1.807, 2.05) is 0 Å². The minimum absolute atomic E-state index is 0.0780. The highest BCUT2D eigenvalue weighted by Crippen LogP contribution is 2.24. The van der Waals surface area contributed by atoms with E-state index in [2.05, 4.69) is 4.74 Å². The first-order valence-electron chi connectivity index (χ1n) is 5.57. The van der Waals surface area contributed by atoms with Gasteiger partial charge in [-0.05, 0) is 0 Å². The van der Waals surface area contributed by atoms with Crippen LogP contribution in [0.15, 0.2) is 30.3 Å². The molecule has 0 amide bonds. The molecule has 20 heavy (non-hydrogen) atoms. The first kappa shape index (κ1) is 14.4. The summed E-state index contributed by atoms with van der Waals surface area (Å²) in [7, 11) is -4.93. The predicted molar refractivity (Wildman–Crippen MR) is 65.6 cm³/mol. The molecule has 8 heteroatoms. The van der Waals surface area contributed by atoms with Gasteiger partial charge in [0.2, 0.25) is 5.25 Å². The quantitative estimate of drug-likeness (QED) is 0.357. The van der Waals surface area contributed by atoms with Gasteiger partial charge in [-0.1, -0.05) is 30.3 Å². The van der Waals surface area contributed by atoms with Crippen LogP contribution in [0.2, 0.25) is 0 Å². The van der Waals surface area contributed by atoms with E-state index in [4.69, 9.17) is 4.55 Å². The number of carbonyl (C=O) groups excluding carboxylic acids is 3. The van der Waals surface area contributed by atoms with E-state index in [0.717, 1.165) is 0 Å². The lowest BCUT2D eigenvalue weighted by Crippen LogP contribution is -2.51. The van der Waals surface area contributed by atoms with Gasteiger partial charge in [0.05, 0.1) is 0 Å². The zero-order valence-electron chi connectivity index (χ0n) is 10.1. The Kier molecular flexibility index (Phi) is 3.69. The summed E-state index contributed by atoms with van der Waals surface area (Å²) in [5.41, 5.74) is 0.0780. The summed E-state index contributed by atoms with van der Waals surface area (Å²) in [6.07, 6.45) is 0. The minimum atomic E-state index is -4.93. The molecule has 1 N–H and O–H groups in total. The lowest BCUT2D eigenvalue weighted by atomic mass is 9.89. The van der Waals surface area contributed by atoms with Gasteiger partial charge in [0.1, 0.15) is 5.92 Å². The molecule has 0 aromatic heterocycles. The summed E-state index contributed by atoms with van der Waals surface area (Å²) in [6, 6.07) is 7.46. The Balaban J connectivity index is 2.47. The van der Waals surface area contributed by atoms with Crippen LogP contribution in [0.4, 0.5) is 0 Å². The van der Waals surface area contributed by atoms with Gasteiger partial charge in [0.25, 0.3) is 10.1 Å². The standard InChI is InChI=1S/C12H10O7S/c13-8-6-19-12(15)11(20(16,17)18)9(8)10(14)7-4-2-1-3-5-7/h1-5,9,11H,6H2,(H,16,17,18). The van der Waals surface area contributed by atoms with Crippen LogP contribution in [0, 0.1) is 5.92 Å². The zero-order valence-corrected chi connectivity index (χ0v) is 10.9. The average Bonchev–Trinajstić information content (AvgIpc) is 2.40. The molecular formula is C12H10O7S. The Bertz CT molecular complexity index is 662. The van der Waals surface area contributed by atoms with Crippen molar-refractivity contribution < 1.29 is 32.1 Å². The number of ketones is 2. The van der Waals surface area contributed by atoms with Gasteiger partial charge in [-0.3, -0.25) is 18.9 Å². The van der Waals surface area contributed by atoms with Crippen molar-refractivity contribution in [1.82, 2.24) is 0 Å². The molecule has 1 aromatic rings. The van der Waals surface area contributed by atoms with Crippen LogP contribution in [0.3, 0.4) is 0 Å². The number of cyclic esters (lactones) is 1. The molecule has 1 fully saturated rings. The van der Waals surface area contributed by atoms with Crippen LogP contribution >= 0.6 is 0 Å². The average molecular weight is 298 g/mol. The van der Waals surface area contributed by atoms with Crippen LogP contribution in [-0.4, -0.2) is 42.4 Å². The van der Waals surface area contributed by atoms with Gasteiger partial charge in [0.15, 0.2) is 18.2 Å². The third-order valence-corrected chi connectivity index (χ3v) is 4.01. The smallest absolute Gasteiger partial charge is 0.328 e. The summed E-state index contributed by atoms with van der Waals surface area (Å²) < 4.78 is 35.9. The number of hydrogen-bond donors (Lipinski definition) is 1. The molecule has 2 rings (SSSR count). The van der Waals surface area contributed by atoms with E-state index in [-0.39, 0.29) is 5.56 Å². The van der Waals surface area contributed by atoms with E-state index in [9.17, 15) is 22.8 Å². The lowest BCUT2D eigenvalue weighted by Gasteiger charge is -2.25. The lowest BCUT2D eigenvalue weighted by molar-refractivity contribution is -0.154. The molecule has 1 aliphatic heterocycles. The number of rotatable bonds is 3. The molecule has 0 aliphatic carbocycles. The van der Waals surface area contributed by atoms with Crippen LogP contribution in [0.5, 0.6) is 0 Å². The summed E-state index contributed by atoms with van der Waals surface area (Å²) in [5, 5.41) is -2.21. The van der Waals surface area contributed by atoms with Crippen LogP contribution < -0.4 is 0 Å². The second-order valence-corrected chi connectivity index (χ2v) is 5.76. The molecule has 1 aromatic carbocycles. The topological polar surface area (TPSA) is 115 Å². The highest BCUT2D eigenvalue weighted by Gasteiger charge is 2.51. The van der Waals surface area contributed by atoms with Gasteiger partial charge in [0, 0.05) is 5.56 Å². The molecular weight excluding hydrogens is 288 g/mol. The highest BCUT2D eigenvalue weighted by atomic mass is 32.2. The molecule has 0 saturated carbocycles. The molecule has 2 atom stereocenters. The molecule has 0 radical (unpaired) electrons. The van der Waals surface area contributed by atoms with Crippen LogP contribution in [0.1, 0.15) is 10.4 Å². The van der Waals surface area contributed by atoms with Crippen LogP contribution in [-0.2, 0) is 24.4 Å². The van der Waals surface area contributed by atoms with E-state index >= 15 is 0 Å². The summed E-state index contributed by atoms with van der Waals surface area (Å²) in [6.45, 7) is -0.686. The summed E-state index contributed by atoms with van der Waals surface area (Å²) in [5.74, 6) is -4.79. The molecule has 7 nitrogen and oxygen atoms in total. The molecule has 0 spiro atoms. The molecule has 2 unspecified atom stereocenters. The van der Waals surface area contributed by atoms with Gasteiger partial charge in [-0.15, -0.1) is 0 Å². The maximum Gasteiger partial charge on any atom is 0.328 e. The van der Waals surface area contributed by atoms with E-state index in [0.29, 0.717) is 0 Å². The second kappa shape index (κ2) is 5.14. The van der Waals surface area contributed by atoms with Gasteiger partial charge >= 0.3 is 5.97 Å². The normalized spacial score (nSPS) is 23.2. The van der Waals surface area contributed by atoms with E-state index < -0.39 is 45.4 Å². The Hall–Kier alpha value is -2.06. The second-order valence-electron chi connectivity index (χ2n) is 4.22. The fraction of sp³-hybridized carbons (Fsp3) is 0.250. The summed E-state index contributed by atoms with van der Waals surface area (Å²) in [4.78, 5) is 35.4. The van der Waals surface area contributed by atoms with E-state index in [1.165, 1.54) is 24.3 Å². The predicted octanol–water partition coefficient (Wildman–Crippen LogP) is -0.132. The SMILES string of the molecule is O=C1COC(=O)C(S(=O)(=O)O)C1C(=O)c1ccccc1. The Morgan fingerprint density at radius 2 is 1.80 bits per heavy atom. The number of carbonyl (C=O) groups is 3. The van der Waals surface area contributed by atoms with E-state index in [1.54, 1.807) is 6.07 Å². The largest absolute Gasteiger partial charge is 0.457 e. The molecule has 1 saturated heterocycles. The minimum Gasteiger partial charge on any atom is -0.457 e. The molecule has 106 valence electrons. The number of esters is 1. The monoisotopic (exact) mass is 298 g/mol. The van der Waals surface area contributed by atoms with Crippen molar-refractivity contribution in [1.29, 1.82) is 0 Å². The Labute approximate surface area is 114 Å². The third-order valence-electron chi connectivity index (χ3n) is 2.90. The fourth-order valence-electron chi connectivity index (χ4n) is 1.98. The highest BCUT2D eigenvalue weighted by molar-refractivity contribution is 7.87. The number of Topliss-reactive ketones (excluding diaryl/α,β-unsaturated/α-hetero) is 2. The van der Waals surface area contributed by atoms with Crippen LogP contribution in [0.25, 0.3) is 0 Å². The third kappa shape index (κ3) is 2.61. The maximum atomic E-state index is 12.2. The number of benzene rings is 1. The first-order valence-corrected chi connectivity index (χ1v) is 7.07. The van der Waals surface area contributed by atoms with Gasteiger partial charge < -0.3 is 4.74 Å². The van der Waals surface area contributed by atoms with Crippen molar-refractivity contribution in [3.63, 3.8) is 0 Å². The molecule has 1 heterocycles. The van der Waals surface area contributed by atoms with Crippen molar-refractivity contribution in [2.45, 2.75) is 5.25 Å². The van der Waals surface area contributed by atoms with Crippen molar-refractivity contribution in [2.75, 3.05) is 6.61 Å². The maximum absolute atomic E-state index is 12.2. The van der Waals surface area contributed by atoms with Gasteiger partial charge in [-0.25, -0.2) is 0 Å². The Morgan fingerprint density at radius 1 is 1.20 bits per heavy atom. The zero-order chi connectivity index (χ0) is 14.9. The molecule has 1 aliphatic rings. The first-order chi connectivity index (χ1) is 9.32. The number of ether oxygens (including phenoxy) is 1. The van der Waals surface area contributed by atoms with Crippen molar-refractivity contribution in [3.05, 3.63) is 35.9 Å². The summed E-state index contributed by atoms with van der Waals surface area (Å²) >= 11 is 0. The van der Waals surface area contributed by atoms with Crippen molar-refractivity contribution >= 4 is 27.7 Å². The molecule has 0 bridgehead atoms. The fourth-order valence-corrected chi connectivity index (χ4v) is 2.91. The number of hydrogen-bond acceptors (Lipinski definition) is 6. The van der Waals surface area contributed by atoms with Gasteiger partial charge in [-0.2, -0.15) is 8.42 Å². The van der Waals surface area contributed by atoms with Crippen molar-refractivity contribution in [2.24, 2.45) is 5.92 Å². The Morgan fingerprint density at radius 3 is 2.35 bits per heavy atom. The van der Waals surface area contributed by atoms with Crippen molar-refractivity contribution in [3.8, 4) is 0 Å².